The first-order chi connectivity index (χ1) is 5.67. The van der Waals surface area contributed by atoms with Gasteiger partial charge in [-0.3, -0.25) is 0 Å². The van der Waals surface area contributed by atoms with Crippen molar-refractivity contribution in [2.75, 3.05) is 0 Å². The van der Waals surface area contributed by atoms with Crippen LogP contribution >= 0.6 is 0 Å². The molecule has 0 heterocycles. The summed E-state index contributed by atoms with van der Waals surface area (Å²) in [6.07, 6.45) is 0.0496. The lowest BCUT2D eigenvalue weighted by Crippen LogP contribution is -2.33. The standard InChI is InChI=1S/C10H10F2/c11-10(12)6-9(7-10)8-4-2-1-3-5-8/h1-5,9H,6-7H2. The zero-order valence-corrected chi connectivity index (χ0v) is 6.63. The molecule has 0 saturated heterocycles. The van der Waals surface area contributed by atoms with Crippen molar-refractivity contribution in [3.05, 3.63) is 35.9 Å². The summed E-state index contributed by atoms with van der Waals surface area (Å²) in [7, 11) is 0. The zero-order chi connectivity index (χ0) is 8.60. The minimum absolute atomic E-state index is 0.0248. The molecule has 0 spiro atoms. The lowest BCUT2D eigenvalue weighted by molar-refractivity contribution is -0.0867. The average molecular weight is 168 g/mol. The molecule has 2 heteroatoms. The van der Waals surface area contributed by atoms with Gasteiger partial charge < -0.3 is 0 Å². The van der Waals surface area contributed by atoms with Crippen molar-refractivity contribution in [2.45, 2.75) is 24.7 Å². The van der Waals surface area contributed by atoms with Crippen molar-refractivity contribution in [1.29, 1.82) is 0 Å². The summed E-state index contributed by atoms with van der Waals surface area (Å²) in [5.74, 6) is -2.32. The molecule has 0 aliphatic heterocycles. The van der Waals surface area contributed by atoms with Crippen LogP contribution in [0.5, 0.6) is 0 Å². The predicted octanol–water partition coefficient (Wildman–Crippen LogP) is 3.20. The summed E-state index contributed by atoms with van der Waals surface area (Å²) < 4.78 is 24.9. The van der Waals surface area contributed by atoms with Gasteiger partial charge in [-0.2, -0.15) is 0 Å². The molecule has 1 fully saturated rings. The highest BCUT2D eigenvalue weighted by atomic mass is 19.3. The van der Waals surface area contributed by atoms with E-state index in [9.17, 15) is 8.78 Å². The van der Waals surface area contributed by atoms with Crippen LogP contribution in [0, 0.1) is 0 Å². The van der Waals surface area contributed by atoms with E-state index in [0.29, 0.717) is 0 Å². The Morgan fingerprint density at radius 2 is 1.67 bits per heavy atom. The maximum atomic E-state index is 12.5. The van der Waals surface area contributed by atoms with Crippen LogP contribution in [0.25, 0.3) is 0 Å². The third-order valence-electron chi connectivity index (χ3n) is 2.36. The largest absolute Gasteiger partial charge is 0.249 e. The van der Waals surface area contributed by atoms with E-state index in [4.69, 9.17) is 0 Å². The molecular formula is C10H10F2. The van der Waals surface area contributed by atoms with Crippen LogP contribution in [0.1, 0.15) is 24.3 Å². The van der Waals surface area contributed by atoms with E-state index in [-0.39, 0.29) is 18.8 Å². The molecule has 1 aromatic carbocycles. The Labute approximate surface area is 70.2 Å². The van der Waals surface area contributed by atoms with E-state index in [0.717, 1.165) is 5.56 Å². The Hall–Kier alpha value is -0.920. The minimum atomic E-state index is -2.40. The number of alkyl halides is 2. The quantitative estimate of drug-likeness (QED) is 0.604. The maximum absolute atomic E-state index is 12.5. The van der Waals surface area contributed by atoms with Crippen LogP contribution in [0.15, 0.2) is 30.3 Å². The number of halogens is 2. The van der Waals surface area contributed by atoms with Gasteiger partial charge in [0.25, 0.3) is 0 Å². The molecule has 64 valence electrons. The lowest BCUT2D eigenvalue weighted by atomic mass is 9.77. The Morgan fingerprint density at radius 3 is 2.17 bits per heavy atom. The first-order valence-corrected chi connectivity index (χ1v) is 4.10. The van der Waals surface area contributed by atoms with Crippen molar-refractivity contribution in [3.63, 3.8) is 0 Å². The van der Waals surface area contributed by atoms with Crippen molar-refractivity contribution in [2.24, 2.45) is 0 Å². The minimum Gasteiger partial charge on any atom is -0.207 e. The highest BCUT2D eigenvalue weighted by Gasteiger charge is 2.45. The Balaban J connectivity index is 2.06. The second kappa shape index (κ2) is 2.54. The van der Waals surface area contributed by atoms with Crippen molar-refractivity contribution in [3.8, 4) is 0 Å². The molecular weight excluding hydrogens is 158 g/mol. The summed E-state index contributed by atoms with van der Waals surface area (Å²) >= 11 is 0. The highest BCUT2D eigenvalue weighted by molar-refractivity contribution is 5.23. The van der Waals surface area contributed by atoms with Crippen LogP contribution in [0.2, 0.25) is 0 Å². The van der Waals surface area contributed by atoms with E-state index in [1.165, 1.54) is 0 Å². The molecule has 2 rings (SSSR count). The van der Waals surface area contributed by atoms with E-state index in [1.807, 2.05) is 30.3 Å². The third kappa shape index (κ3) is 1.33. The molecule has 0 unspecified atom stereocenters. The maximum Gasteiger partial charge on any atom is 0.249 e. The van der Waals surface area contributed by atoms with E-state index < -0.39 is 5.92 Å². The van der Waals surface area contributed by atoms with Gasteiger partial charge in [0.15, 0.2) is 0 Å². The molecule has 0 radical (unpaired) electrons. The fourth-order valence-electron chi connectivity index (χ4n) is 1.62. The Morgan fingerprint density at radius 1 is 1.08 bits per heavy atom. The predicted molar refractivity (Wildman–Crippen MR) is 43.4 cm³/mol. The lowest BCUT2D eigenvalue weighted by Gasteiger charge is -2.35. The first kappa shape index (κ1) is 7.71. The van der Waals surface area contributed by atoms with E-state index in [1.54, 1.807) is 0 Å². The van der Waals surface area contributed by atoms with Crippen molar-refractivity contribution < 1.29 is 8.78 Å². The second-order valence-corrected chi connectivity index (χ2v) is 3.37. The smallest absolute Gasteiger partial charge is 0.207 e. The van der Waals surface area contributed by atoms with Gasteiger partial charge in [0.05, 0.1) is 0 Å². The SMILES string of the molecule is FC1(F)CC(c2ccccc2)C1. The topological polar surface area (TPSA) is 0 Å². The van der Waals surface area contributed by atoms with Gasteiger partial charge in [0, 0.05) is 12.8 Å². The zero-order valence-electron chi connectivity index (χ0n) is 6.63. The molecule has 0 N–H and O–H groups in total. The number of benzene rings is 1. The van der Waals surface area contributed by atoms with Gasteiger partial charge in [-0.05, 0) is 11.5 Å². The van der Waals surface area contributed by atoms with Crippen LogP contribution < -0.4 is 0 Å². The van der Waals surface area contributed by atoms with Gasteiger partial charge in [-0.1, -0.05) is 30.3 Å². The van der Waals surface area contributed by atoms with Crippen LogP contribution in [0.3, 0.4) is 0 Å². The number of hydrogen-bond donors (Lipinski definition) is 0. The van der Waals surface area contributed by atoms with Gasteiger partial charge in [-0.25, -0.2) is 8.78 Å². The molecule has 0 aromatic heterocycles. The van der Waals surface area contributed by atoms with Crippen molar-refractivity contribution in [1.82, 2.24) is 0 Å². The summed E-state index contributed by atoms with van der Waals surface area (Å²) in [6, 6.07) is 9.53. The molecule has 1 aromatic rings. The molecule has 0 atom stereocenters. The third-order valence-corrected chi connectivity index (χ3v) is 2.36. The van der Waals surface area contributed by atoms with E-state index in [2.05, 4.69) is 0 Å². The Bertz CT molecular complexity index is 258. The summed E-state index contributed by atoms with van der Waals surface area (Å²) in [5.41, 5.74) is 1.04. The number of hydrogen-bond acceptors (Lipinski definition) is 0. The van der Waals surface area contributed by atoms with Crippen molar-refractivity contribution >= 4 is 0 Å². The normalized spacial score (nSPS) is 21.8. The first-order valence-electron chi connectivity index (χ1n) is 4.10. The van der Waals surface area contributed by atoms with E-state index >= 15 is 0 Å². The highest BCUT2D eigenvalue weighted by Crippen LogP contribution is 2.47. The van der Waals surface area contributed by atoms with Crippen LogP contribution in [-0.2, 0) is 0 Å². The molecule has 12 heavy (non-hydrogen) atoms. The molecule has 0 nitrogen and oxygen atoms in total. The molecule has 1 aliphatic carbocycles. The summed E-state index contributed by atoms with van der Waals surface area (Å²) in [6.45, 7) is 0. The molecule has 1 aliphatic rings. The summed E-state index contributed by atoms with van der Waals surface area (Å²) in [4.78, 5) is 0. The fourth-order valence-corrected chi connectivity index (χ4v) is 1.62. The Kier molecular flexibility index (Phi) is 1.63. The molecule has 0 bridgehead atoms. The number of rotatable bonds is 1. The second-order valence-electron chi connectivity index (χ2n) is 3.37. The monoisotopic (exact) mass is 168 g/mol. The fraction of sp³-hybridized carbons (Fsp3) is 0.400. The summed E-state index contributed by atoms with van der Waals surface area (Å²) in [5, 5.41) is 0. The van der Waals surface area contributed by atoms with Gasteiger partial charge in [0.2, 0.25) is 5.92 Å². The van der Waals surface area contributed by atoms with Crippen LogP contribution in [-0.4, -0.2) is 5.92 Å². The van der Waals surface area contributed by atoms with Gasteiger partial charge in [0.1, 0.15) is 0 Å². The van der Waals surface area contributed by atoms with Gasteiger partial charge in [-0.15, -0.1) is 0 Å². The van der Waals surface area contributed by atoms with Crippen LogP contribution in [0.4, 0.5) is 8.78 Å². The average Bonchev–Trinajstić information content (AvgIpc) is 2.02. The molecule has 1 saturated carbocycles. The van der Waals surface area contributed by atoms with Gasteiger partial charge >= 0.3 is 0 Å². The molecule has 0 amide bonds.